The Balaban J connectivity index is 2.06. The van der Waals surface area contributed by atoms with Crippen molar-refractivity contribution in [3.63, 3.8) is 0 Å². The maximum atomic E-state index is 12.2. The summed E-state index contributed by atoms with van der Waals surface area (Å²) in [5.74, 6) is 1.15. The van der Waals surface area contributed by atoms with Gasteiger partial charge in [0.2, 0.25) is 5.91 Å². The molecular weight excluding hydrogens is 212 g/mol. The van der Waals surface area contributed by atoms with Crippen LogP contribution < -0.4 is 5.32 Å². The van der Waals surface area contributed by atoms with Crippen molar-refractivity contribution in [3.8, 4) is 0 Å². The van der Waals surface area contributed by atoms with Gasteiger partial charge in [0.25, 0.3) is 0 Å². The molecule has 2 aliphatic rings. The van der Waals surface area contributed by atoms with Gasteiger partial charge in [-0.05, 0) is 32.1 Å². The van der Waals surface area contributed by atoms with Crippen molar-refractivity contribution in [2.24, 2.45) is 5.92 Å². The second kappa shape index (κ2) is 5.38. The van der Waals surface area contributed by atoms with Gasteiger partial charge in [-0.2, -0.15) is 0 Å². The molecule has 2 rings (SSSR count). The zero-order valence-electron chi connectivity index (χ0n) is 11.4. The molecule has 0 aromatic heterocycles. The van der Waals surface area contributed by atoms with Crippen molar-refractivity contribution in [1.82, 2.24) is 10.2 Å². The zero-order valence-corrected chi connectivity index (χ0v) is 11.4. The minimum Gasteiger partial charge on any atom is -0.323 e. The summed E-state index contributed by atoms with van der Waals surface area (Å²) >= 11 is 0. The van der Waals surface area contributed by atoms with Crippen LogP contribution in [0.4, 0.5) is 0 Å². The first kappa shape index (κ1) is 12.9. The molecule has 4 unspecified atom stereocenters. The van der Waals surface area contributed by atoms with Crippen molar-refractivity contribution >= 4 is 5.91 Å². The quantitative estimate of drug-likeness (QED) is 0.819. The van der Waals surface area contributed by atoms with Crippen LogP contribution in [-0.4, -0.2) is 29.1 Å². The van der Waals surface area contributed by atoms with E-state index >= 15 is 0 Å². The van der Waals surface area contributed by atoms with E-state index in [9.17, 15) is 4.79 Å². The van der Waals surface area contributed by atoms with Gasteiger partial charge in [-0.1, -0.05) is 33.1 Å². The van der Waals surface area contributed by atoms with E-state index in [-0.39, 0.29) is 12.2 Å². The van der Waals surface area contributed by atoms with Gasteiger partial charge in [0.15, 0.2) is 0 Å². The van der Waals surface area contributed by atoms with E-state index in [1.54, 1.807) is 0 Å². The van der Waals surface area contributed by atoms with Crippen LogP contribution in [0.5, 0.6) is 0 Å². The van der Waals surface area contributed by atoms with E-state index in [2.05, 4.69) is 24.1 Å². The monoisotopic (exact) mass is 238 g/mol. The summed E-state index contributed by atoms with van der Waals surface area (Å²) in [7, 11) is 0. The van der Waals surface area contributed by atoms with Gasteiger partial charge in [-0.3, -0.25) is 10.1 Å². The predicted molar refractivity (Wildman–Crippen MR) is 69.6 cm³/mol. The molecule has 1 heterocycles. The van der Waals surface area contributed by atoms with Crippen LogP contribution in [-0.2, 0) is 4.79 Å². The number of rotatable bonds is 3. The average Bonchev–Trinajstić information content (AvgIpc) is 2.65. The molecular formula is C14H26N2O. The van der Waals surface area contributed by atoms with E-state index in [4.69, 9.17) is 0 Å². The molecule has 3 nitrogen and oxygen atoms in total. The van der Waals surface area contributed by atoms with Gasteiger partial charge in [0, 0.05) is 6.04 Å². The first-order chi connectivity index (χ1) is 8.17. The van der Waals surface area contributed by atoms with Crippen LogP contribution >= 0.6 is 0 Å². The SMILES string of the molecule is CCC1CCCC(N2C(=O)C(C)NC2CC)C1. The molecule has 1 saturated heterocycles. The first-order valence-corrected chi connectivity index (χ1v) is 7.25. The Morgan fingerprint density at radius 1 is 1.29 bits per heavy atom. The third-order valence-electron chi connectivity index (χ3n) is 4.52. The predicted octanol–water partition coefficient (Wildman–Crippen LogP) is 2.51. The number of carbonyl (C=O) groups excluding carboxylic acids is 1. The topological polar surface area (TPSA) is 32.3 Å². The maximum absolute atomic E-state index is 12.2. The molecule has 98 valence electrons. The molecule has 0 bridgehead atoms. The molecule has 4 atom stereocenters. The fourth-order valence-corrected chi connectivity index (χ4v) is 3.45. The van der Waals surface area contributed by atoms with Gasteiger partial charge in [0.1, 0.15) is 0 Å². The molecule has 1 aliphatic carbocycles. The number of hydrogen-bond donors (Lipinski definition) is 1. The van der Waals surface area contributed by atoms with Crippen LogP contribution in [0.15, 0.2) is 0 Å². The van der Waals surface area contributed by atoms with Gasteiger partial charge in [0.05, 0.1) is 12.2 Å². The number of carbonyl (C=O) groups is 1. The molecule has 1 N–H and O–H groups in total. The molecule has 0 aromatic carbocycles. The summed E-state index contributed by atoms with van der Waals surface area (Å²) in [5, 5.41) is 3.41. The van der Waals surface area contributed by atoms with Gasteiger partial charge in [-0.15, -0.1) is 0 Å². The molecule has 0 aromatic rings. The fourth-order valence-electron chi connectivity index (χ4n) is 3.45. The normalized spacial score (nSPS) is 38.8. The Morgan fingerprint density at radius 2 is 2.06 bits per heavy atom. The van der Waals surface area contributed by atoms with Crippen LogP contribution in [0.3, 0.4) is 0 Å². The highest BCUT2D eigenvalue weighted by atomic mass is 16.2. The second-order valence-electron chi connectivity index (χ2n) is 5.65. The minimum atomic E-state index is 0.0157. The van der Waals surface area contributed by atoms with Crippen LogP contribution in [0.1, 0.15) is 59.3 Å². The van der Waals surface area contributed by atoms with Crippen molar-refractivity contribution in [2.75, 3.05) is 0 Å². The lowest BCUT2D eigenvalue weighted by atomic mass is 9.83. The van der Waals surface area contributed by atoms with E-state index in [0.29, 0.717) is 11.9 Å². The fraction of sp³-hybridized carbons (Fsp3) is 0.929. The van der Waals surface area contributed by atoms with E-state index < -0.39 is 0 Å². The highest BCUT2D eigenvalue weighted by Gasteiger charge is 2.40. The molecule has 1 saturated carbocycles. The molecule has 1 aliphatic heterocycles. The first-order valence-electron chi connectivity index (χ1n) is 7.25. The van der Waals surface area contributed by atoms with E-state index in [1.165, 1.54) is 32.1 Å². The van der Waals surface area contributed by atoms with Crippen molar-refractivity contribution in [3.05, 3.63) is 0 Å². The summed E-state index contributed by atoms with van der Waals surface area (Å²) < 4.78 is 0. The third-order valence-corrected chi connectivity index (χ3v) is 4.52. The molecule has 0 radical (unpaired) electrons. The number of nitrogens with zero attached hydrogens (tertiary/aromatic N) is 1. The smallest absolute Gasteiger partial charge is 0.240 e. The van der Waals surface area contributed by atoms with Gasteiger partial charge in [-0.25, -0.2) is 0 Å². The Morgan fingerprint density at radius 3 is 2.71 bits per heavy atom. The Labute approximate surface area is 105 Å². The zero-order chi connectivity index (χ0) is 12.4. The lowest BCUT2D eigenvalue weighted by Gasteiger charge is -2.37. The van der Waals surface area contributed by atoms with Crippen molar-refractivity contribution in [2.45, 2.75) is 77.5 Å². The largest absolute Gasteiger partial charge is 0.323 e. The van der Waals surface area contributed by atoms with E-state index in [1.807, 2.05) is 6.92 Å². The van der Waals surface area contributed by atoms with Crippen molar-refractivity contribution < 1.29 is 4.79 Å². The molecule has 2 fully saturated rings. The van der Waals surface area contributed by atoms with Crippen LogP contribution in [0.2, 0.25) is 0 Å². The highest BCUT2D eigenvalue weighted by Crippen LogP contribution is 2.32. The van der Waals surface area contributed by atoms with E-state index in [0.717, 1.165) is 12.3 Å². The maximum Gasteiger partial charge on any atom is 0.240 e. The summed E-state index contributed by atoms with van der Waals surface area (Å²) in [6.07, 6.45) is 7.62. The van der Waals surface area contributed by atoms with Crippen LogP contribution in [0, 0.1) is 5.92 Å². The van der Waals surface area contributed by atoms with Crippen molar-refractivity contribution in [1.29, 1.82) is 0 Å². The highest BCUT2D eigenvalue weighted by molar-refractivity contribution is 5.84. The molecule has 3 heteroatoms. The van der Waals surface area contributed by atoms with Gasteiger partial charge < -0.3 is 4.90 Å². The molecule has 17 heavy (non-hydrogen) atoms. The minimum absolute atomic E-state index is 0.0157. The molecule has 0 spiro atoms. The Hall–Kier alpha value is -0.570. The number of nitrogens with one attached hydrogen (secondary N) is 1. The lowest BCUT2D eigenvalue weighted by Crippen LogP contribution is -2.46. The Bertz CT molecular complexity index is 279. The standard InChI is InChI=1S/C14H26N2O/c1-4-11-7-6-8-12(9-11)16-13(5-2)15-10(3)14(16)17/h10-13,15H,4-9H2,1-3H3. The van der Waals surface area contributed by atoms with Gasteiger partial charge >= 0.3 is 0 Å². The number of amides is 1. The second-order valence-corrected chi connectivity index (χ2v) is 5.65. The summed E-state index contributed by atoms with van der Waals surface area (Å²) in [6, 6.07) is 0.505. The third kappa shape index (κ3) is 2.49. The number of hydrogen-bond acceptors (Lipinski definition) is 2. The van der Waals surface area contributed by atoms with Crippen LogP contribution in [0.25, 0.3) is 0 Å². The summed E-state index contributed by atoms with van der Waals surface area (Å²) in [4.78, 5) is 14.4. The lowest BCUT2D eigenvalue weighted by molar-refractivity contribution is -0.133. The molecule has 1 amide bonds. The Kier molecular flexibility index (Phi) is 4.08. The summed E-state index contributed by atoms with van der Waals surface area (Å²) in [5.41, 5.74) is 0. The average molecular weight is 238 g/mol. The summed E-state index contributed by atoms with van der Waals surface area (Å²) in [6.45, 7) is 6.43.